The molecule has 0 aromatic heterocycles. The number of hydrogen-bond donors (Lipinski definition) is 1. The molecular formula is C14H21ClINO2S. The van der Waals surface area contributed by atoms with Crippen molar-refractivity contribution in [2.45, 2.75) is 32.2 Å². The lowest BCUT2D eigenvalue weighted by Crippen LogP contribution is -2.23. The molecular weight excluding hydrogens is 409 g/mol. The lowest BCUT2D eigenvalue weighted by atomic mass is 10.0. The number of halogens is 2. The van der Waals surface area contributed by atoms with E-state index in [0.717, 1.165) is 33.5 Å². The maximum atomic E-state index is 11.2. The second-order valence-corrected chi connectivity index (χ2v) is 8.78. The Hall–Kier alpha value is 0.150. The average Bonchev–Trinajstić information content (AvgIpc) is 2.35. The Morgan fingerprint density at radius 3 is 2.65 bits per heavy atom. The molecule has 1 aromatic rings. The van der Waals surface area contributed by atoms with Gasteiger partial charge >= 0.3 is 0 Å². The number of sulfone groups is 1. The first-order valence-corrected chi connectivity index (χ1v) is 10.2. The van der Waals surface area contributed by atoms with Gasteiger partial charge < -0.3 is 5.32 Å². The van der Waals surface area contributed by atoms with Crippen molar-refractivity contribution in [3.05, 3.63) is 32.4 Å². The van der Waals surface area contributed by atoms with Crippen molar-refractivity contribution in [3.8, 4) is 0 Å². The third-order valence-corrected chi connectivity index (χ3v) is 5.60. The van der Waals surface area contributed by atoms with Gasteiger partial charge in [-0.2, -0.15) is 0 Å². The minimum atomic E-state index is -2.89. The van der Waals surface area contributed by atoms with Crippen molar-refractivity contribution < 1.29 is 8.42 Å². The zero-order valence-corrected chi connectivity index (χ0v) is 15.6. The standard InChI is InChI=1S/C14H21ClINO2S/c1-3-8-17-14(5-4-9-20(2,18)19)11-6-7-13(16)12(15)10-11/h6-7,10,14,17H,3-5,8-9H2,1-2H3. The largest absolute Gasteiger partial charge is 0.310 e. The van der Waals surface area contributed by atoms with Gasteiger partial charge in [-0.05, 0) is 66.1 Å². The van der Waals surface area contributed by atoms with Crippen LogP contribution in [-0.4, -0.2) is 27.0 Å². The van der Waals surface area contributed by atoms with Gasteiger partial charge in [0.1, 0.15) is 9.84 Å². The zero-order valence-electron chi connectivity index (χ0n) is 11.8. The van der Waals surface area contributed by atoms with E-state index in [-0.39, 0.29) is 11.8 Å². The molecule has 0 saturated heterocycles. The summed E-state index contributed by atoms with van der Waals surface area (Å²) in [5, 5.41) is 4.21. The Morgan fingerprint density at radius 2 is 2.10 bits per heavy atom. The van der Waals surface area contributed by atoms with Crippen molar-refractivity contribution >= 4 is 44.0 Å². The summed E-state index contributed by atoms with van der Waals surface area (Å²) in [4.78, 5) is 0. The summed E-state index contributed by atoms with van der Waals surface area (Å²) in [6.07, 6.45) is 3.78. The first-order valence-electron chi connectivity index (χ1n) is 6.69. The van der Waals surface area contributed by atoms with Gasteiger partial charge in [0.15, 0.2) is 0 Å². The van der Waals surface area contributed by atoms with E-state index < -0.39 is 9.84 Å². The van der Waals surface area contributed by atoms with Crippen molar-refractivity contribution in [1.29, 1.82) is 0 Å². The van der Waals surface area contributed by atoms with Crippen molar-refractivity contribution in [2.75, 3.05) is 18.6 Å². The van der Waals surface area contributed by atoms with E-state index in [0.29, 0.717) is 6.42 Å². The molecule has 3 nitrogen and oxygen atoms in total. The molecule has 0 amide bonds. The minimum absolute atomic E-state index is 0.159. The topological polar surface area (TPSA) is 46.2 Å². The van der Waals surface area contributed by atoms with Crippen LogP contribution in [0.5, 0.6) is 0 Å². The van der Waals surface area contributed by atoms with Crippen LogP contribution in [0.4, 0.5) is 0 Å². The summed E-state index contributed by atoms with van der Waals surface area (Å²) in [5.74, 6) is 0.232. The van der Waals surface area contributed by atoms with E-state index in [4.69, 9.17) is 11.6 Å². The molecule has 1 N–H and O–H groups in total. The maximum Gasteiger partial charge on any atom is 0.147 e. The van der Waals surface area contributed by atoms with Gasteiger partial charge in [0.05, 0.1) is 5.02 Å². The van der Waals surface area contributed by atoms with Crippen molar-refractivity contribution in [3.63, 3.8) is 0 Å². The van der Waals surface area contributed by atoms with E-state index >= 15 is 0 Å². The average molecular weight is 430 g/mol. The molecule has 20 heavy (non-hydrogen) atoms. The fourth-order valence-corrected chi connectivity index (χ4v) is 3.20. The molecule has 1 rings (SSSR count). The highest BCUT2D eigenvalue weighted by Gasteiger charge is 2.13. The maximum absolute atomic E-state index is 11.2. The highest BCUT2D eigenvalue weighted by atomic mass is 127. The highest BCUT2D eigenvalue weighted by Crippen LogP contribution is 2.25. The van der Waals surface area contributed by atoms with Gasteiger partial charge in [0, 0.05) is 21.6 Å². The molecule has 6 heteroatoms. The predicted molar refractivity (Wildman–Crippen MR) is 94.1 cm³/mol. The van der Waals surface area contributed by atoms with Crippen molar-refractivity contribution in [2.24, 2.45) is 0 Å². The first-order chi connectivity index (χ1) is 9.33. The van der Waals surface area contributed by atoms with Crippen LogP contribution in [0.1, 0.15) is 37.8 Å². The van der Waals surface area contributed by atoms with Crippen LogP contribution in [0.2, 0.25) is 5.02 Å². The molecule has 114 valence electrons. The van der Waals surface area contributed by atoms with Crippen LogP contribution in [0.15, 0.2) is 18.2 Å². The Morgan fingerprint density at radius 1 is 1.40 bits per heavy atom. The van der Waals surface area contributed by atoms with E-state index in [2.05, 4.69) is 40.9 Å². The molecule has 0 bridgehead atoms. The molecule has 0 fully saturated rings. The van der Waals surface area contributed by atoms with Gasteiger partial charge in [0.25, 0.3) is 0 Å². The second kappa shape index (κ2) is 8.56. The van der Waals surface area contributed by atoms with Crippen LogP contribution in [0, 0.1) is 3.57 Å². The second-order valence-electron chi connectivity index (χ2n) is 4.95. The molecule has 0 aliphatic rings. The minimum Gasteiger partial charge on any atom is -0.310 e. The smallest absolute Gasteiger partial charge is 0.147 e. The molecule has 0 aliphatic carbocycles. The molecule has 0 saturated carbocycles. The SMILES string of the molecule is CCCNC(CCCS(C)(=O)=O)c1ccc(I)c(Cl)c1. The van der Waals surface area contributed by atoms with Crippen LogP contribution in [0.3, 0.4) is 0 Å². The van der Waals surface area contributed by atoms with E-state index in [1.165, 1.54) is 6.26 Å². The van der Waals surface area contributed by atoms with Crippen LogP contribution in [0.25, 0.3) is 0 Å². The van der Waals surface area contributed by atoms with Gasteiger partial charge in [-0.15, -0.1) is 0 Å². The Labute approximate surface area is 140 Å². The van der Waals surface area contributed by atoms with E-state index in [1.807, 2.05) is 12.1 Å². The highest BCUT2D eigenvalue weighted by molar-refractivity contribution is 14.1. The van der Waals surface area contributed by atoms with Gasteiger partial charge in [-0.3, -0.25) is 0 Å². The number of hydrogen-bond acceptors (Lipinski definition) is 3. The third kappa shape index (κ3) is 6.74. The van der Waals surface area contributed by atoms with Crippen LogP contribution >= 0.6 is 34.2 Å². The monoisotopic (exact) mass is 429 g/mol. The van der Waals surface area contributed by atoms with Gasteiger partial charge in [-0.25, -0.2) is 8.42 Å². The third-order valence-electron chi connectivity index (χ3n) is 2.99. The first kappa shape index (κ1) is 18.2. The molecule has 1 atom stereocenters. The Balaban J connectivity index is 2.74. The number of nitrogens with one attached hydrogen (secondary N) is 1. The summed E-state index contributed by atoms with van der Waals surface area (Å²) < 4.78 is 23.5. The summed E-state index contributed by atoms with van der Waals surface area (Å²) >= 11 is 8.37. The van der Waals surface area contributed by atoms with Crippen molar-refractivity contribution in [1.82, 2.24) is 5.32 Å². The molecule has 0 spiro atoms. The summed E-state index contributed by atoms with van der Waals surface area (Å²) in [6, 6.07) is 6.18. The Kier molecular flexibility index (Phi) is 7.79. The van der Waals surface area contributed by atoms with Gasteiger partial charge in [-0.1, -0.05) is 24.6 Å². The van der Waals surface area contributed by atoms with Crippen LogP contribution < -0.4 is 5.32 Å². The number of benzene rings is 1. The fraction of sp³-hybridized carbons (Fsp3) is 0.571. The number of rotatable bonds is 8. The normalized spacial score (nSPS) is 13.4. The van der Waals surface area contributed by atoms with Gasteiger partial charge in [0.2, 0.25) is 0 Å². The summed E-state index contributed by atoms with van der Waals surface area (Å²) in [7, 11) is -2.89. The Bertz CT molecular complexity index is 534. The lowest BCUT2D eigenvalue weighted by Gasteiger charge is -2.19. The molecule has 1 aromatic carbocycles. The molecule has 1 unspecified atom stereocenters. The molecule has 0 aliphatic heterocycles. The lowest BCUT2D eigenvalue weighted by molar-refractivity contribution is 0.492. The summed E-state index contributed by atoms with van der Waals surface area (Å²) in [6.45, 7) is 3.02. The molecule has 0 radical (unpaired) electrons. The zero-order chi connectivity index (χ0) is 15.2. The predicted octanol–water partition coefficient (Wildman–Crippen LogP) is 3.81. The van der Waals surface area contributed by atoms with E-state index in [1.54, 1.807) is 0 Å². The van der Waals surface area contributed by atoms with Crippen LogP contribution in [-0.2, 0) is 9.84 Å². The molecule has 0 heterocycles. The fourth-order valence-electron chi connectivity index (χ4n) is 1.98. The quantitative estimate of drug-likeness (QED) is 0.639. The summed E-state index contributed by atoms with van der Waals surface area (Å²) in [5.41, 5.74) is 1.12. The van der Waals surface area contributed by atoms with E-state index in [9.17, 15) is 8.42 Å².